The monoisotopic (exact) mass is 512 g/mol. The smallest absolute Gasteiger partial charge is 0.221 e. The molecule has 0 saturated heterocycles. The van der Waals surface area contributed by atoms with Gasteiger partial charge in [-0.15, -0.1) is 0 Å². The molecule has 33 heavy (non-hydrogen) atoms. The largest absolute Gasteiger partial charge is 0.369 e. The van der Waals surface area contributed by atoms with Gasteiger partial charge in [0, 0.05) is 17.9 Å². The van der Waals surface area contributed by atoms with E-state index in [9.17, 15) is 13.6 Å². The lowest BCUT2D eigenvalue weighted by Gasteiger charge is -2.22. The van der Waals surface area contributed by atoms with Crippen molar-refractivity contribution in [3.05, 3.63) is 94.9 Å². The number of hydrogen-bond acceptors (Lipinski definition) is 3. The highest BCUT2D eigenvalue weighted by Gasteiger charge is 2.27. The average Bonchev–Trinajstić information content (AvgIpc) is 3.16. The van der Waals surface area contributed by atoms with Crippen molar-refractivity contribution in [2.45, 2.75) is 31.1 Å². The number of benzene rings is 2. The molecular weight excluding hydrogens is 490 g/mol. The Balaban J connectivity index is 1.70. The van der Waals surface area contributed by atoms with E-state index in [1.54, 1.807) is 12.3 Å². The van der Waals surface area contributed by atoms with E-state index in [-0.39, 0.29) is 18.9 Å². The number of nitrogens with two attached hydrogens (primary N) is 1. The first kappa shape index (κ1) is 23.0. The number of halogens is 3. The summed E-state index contributed by atoms with van der Waals surface area (Å²) in [5.41, 5.74) is 9.80. The van der Waals surface area contributed by atoms with Crippen LogP contribution >= 0.6 is 15.9 Å². The van der Waals surface area contributed by atoms with Gasteiger partial charge in [0.1, 0.15) is 11.3 Å². The molecule has 0 aliphatic carbocycles. The number of fused-ring (bicyclic) bond motifs is 1. The fourth-order valence-corrected chi connectivity index (χ4v) is 4.38. The van der Waals surface area contributed by atoms with Crippen LogP contribution in [0.25, 0.3) is 11.2 Å². The second-order valence-electron chi connectivity index (χ2n) is 8.09. The first-order chi connectivity index (χ1) is 15.9. The van der Waals surface area contributed by atoms with Crippen LogP contribution in [0.3, 0.4) is 0 Å². The van der Waals surface area contributed by atoms with Crippen molar-refractivity contribution >= 4 is 33.0 Å². The fraction of sp³-hybridized carbons (Fsp3) is 0.240. The Labute approximate surface area is 198 Å². The second-order valence-corrected chi connectivity index (χ2v) is 8.65. The Bertz CT molecular complexity index is 1290. The van der Waals surface area contributed by atoms with Gasteiger partial charge in [0.25, 0.3) is 0 Å². The first-order valence-electron chi connectivity index (χ1n) is 10.6. The van der Waals surface area contributed by atoms with E-state index in [2.05, 4.69) is 20.9 Å². The van der Waals surface area contributed by atoms with Crippen LogP contribution in [0.4, 0.5) is 8.78 Å². The van der Waals surface area contributed by atoms with Crippen LogP contribution in [0.2, 0.25) is 0 Å². The lowest BCUT2D eigenvalue weighted by atomic mass is 9.84. The summed E-state index contributed by atoms with van der Waals surface area (Å²) < 4.78 is 29.0. The Morgan fingerprint density at radius 2 is 1.82 bits per heavy atom. The molecule has 2 atom stereocenters. The highest BCUT2D eigenvalue weighted by molar-refractivity contribution is 9.08. The van der Waals surface area contributed by atoms with Gasteiger partial charge in [-0.25, -0.2) is 18.7 Å². The van der Waals surface area contributed by atoms with Gasteiger partial charge in [-0.1, -0.05) is 53.2 Å². The molecule has 0 spiro atoms. The number of hydrogen-bond donors (Lipinski definition) is 1. The van der Waals surface area contributed by atoms with Crippen LogP contribution in [-0.2, 0) is 23.1 Å². The summed E-state index contributed by atoms with van der Waals surface area (Å²) in [6.07, 6.45) is 1.94. The minimum atomic E-state index is -0.915. The summed E-state index contributed by atoms with van der Waals surface area (Å²) >= 11 is 3.44. The highest BCUT2D eigenvalue weighted by Crippen LogP contribution is 2.29. The number of primary amides is 1. The molecule has 0 aliphatic rings. The van der Waals surface area contributed by atoms with Crippen LogP contribution in [-0.4, -0.2) is 20.4 Å². The van der Waals surface area contributed by atoms with E-state index in [1.807, 2.05) is 41.8 Å². The second kappa shape index (κ2) is 9.79. The standard InChI is InChI=1S/C25H23BrF2N4O/c1-15(18-7-4-16(13-26)5-8-18)19(24(29)33)12-23-31-22-3-2-10-30-25(22)32(23)14-17-6-9-20(27)21(28)11-17/h2-11,15,19H,12-14H2,1H3,(H2,29,33)/t15-,19?/m1/s1. The van der Waals surface area contributed by atoms with Gasteiger partial charge in [0.2, 0.25) is 5.91 Å². The third kappa shape index (κ3) is 4.95. The molecular formula is C25H23BrF2N4O. The normalized spacial score (nSPS) is 13.2. The molecule has 8 heteroatoms. The van der Waals surface area contributed by atoms with Crippen LogP contribution < -0.4 is 5.73 Å². The molecule has 0 bridgehead atoms. The average molecular weight is 513 g/mol. The van der Waals surface area contributed by atoms with Crippen molar-refractivity contribution < 1.29 is 13.6 Å². The van der Waals surface area contributed by atoms with E-state index in [1.165, 1.54) is 6.07 Å². The molecule has 5 nitrogen and oxygen atoms in total. The van der Waals surface area contributed by atoms with Crippen molar-refractivity contribution in [1.82, 2.24) is 14.5 Å². The highest BCUT2D eigenvalue weighted by atomic mass is 79.9. The Hall–Kier alpha value is -3.13. The summed E-state index contributed by atoms with van der Waals surface area (Å²) in [6.45, 7) is 2.21. The van der Waals surface area contributed by atoms with E-state index >= 15 is 0 Å². The van der Waals surface area contributed by atoms with E-state index in [4.69, 9.17) is 10.7 Å². The van der Waals surface area contributed by atoms with Crippen LogP contribution in [0.5, 0.6) is 0 Å². The van der Waals surface area contributed by atoms with E-state index < -0.39 is 23.5 Å². The Morgan fingerprint density at radius 1 is 1.09 bits per heavy atom. The molecule has 170 valence electrons. The molecule has 0 fully saturated rings. The van der Waals surface area contributed by atoms with Crippen LogP contribution in [0.15, 0.2) is 60.8 Å². The third-order valence-corrected chi connectivity index (χ3v) is 6.59. The maximum absolute atomic E-state index is 13.8. The lowest BCUT2D eigenvalue weighted by molar-refractivity contribution is -0.122. The summed E-state index contributed by atoms with van der Waals surface area (Å²) in [4.78, 5) is 21.6. The fourth-order valence-electron chi connectivity index (χ4n) is 4.01. The Kier molecular flexibility index (Phi) is 6.83. The zero-order valence-electron chi connectivity index (χ0n) is 18.0. The molecule has 0 aliphatic heterocycles. The number of rotatable bonds is 8. The number of alkyl halides is 1. The number of imidazole rings is 1. The third-order valence-electron chi connectivity index (χ3n) is 5.94. The summed E-state index contributed by atoms with van der Waals surface area (Å²) in [5, 5.41) is 0.752. The van der Waals surface area contributed by atoms with Gasteiger partial charge in [0.05, 0.1) is 12.5 Å². The van der Waals surface area contributed by atoms with Crippen molar-refractivity contribution in [3.63, 3.8) is 0 Å². The van der Waals surface area contributed by atoms with Crippen LogP contribution in [0.1, 0.15) is 35.4 Å². The molecule has 1 amide bonds. The molecule has 0 radical (unpaired) electrons. The quantitative estimate of drug-likeness (QED) is 0.333. The van der Waals surface area contributed by atoms with E-state index in [0.717, 1.165) is 28.6 Å². The van der Waals surface area contributed by atoms with Gasteiger partial charge in [-0.05, 0) is 46.9 Å². The van der Waals surface area contributed by atoms with Gasteiger partial charge in [-0.3, -0.25) is 4.79 Å². The van der Waals surface area contributed by atoms with Crippen molar-refractivity contribution in [2.24, 2.45) is 11.7 Å². The van der Waals surface area contributed by atoms with E-state index in [0.29, 0.717) is 22.6 Å². The number of nitrogens with zero attached hydrogens (tertiary/aromatic N) is 3. The lowest BCUT2D eigenvalue weighted by Crippen LogP contribution is -2.30. The van der Waals surface area contributed by atoms with Gasteiger partial charge < -0.3 is 10.3 Å². The molecule has 4 rings (SSSR count). The molecule has 2 heterocycles. The molecule has 0 saturated carbocycles. The minimum absolute atomic E-state index is 0.142. The topological polar surface area (TPSA) is 73.8 Å². The van der Waals surface area contributed by atoms with Gasteiger partial charge >= 0.3 is 0 Å². The number of amides is 1. The van der Waals surface area contributed by atoms with Crippen LogP contribution in [0, 0.1) is 17.6 Å². The maximum atomic E-state index is 13.8. The maximum Gasteiger partial charge on any atom is 0.221 e. The number of pyridine rings is 1. The molecule has 2 N–H and O–H groups in total. The van der Waals surface area contributed by atoms with Crippen molar-refractivity contribution in [2.75, 3.05) is 0 Å². The molecule has 4 aromatic rings. The molecule has 1 unspecified atom stereocenters. The van der Waals surface area contributed by atoms with Crippen molar-refractivity contribution in [1.29, 1.82) is 0 Å². The summed E-state index contributed by atoms with van der Waals surface area (Å²) in [6, 6.07) is 15.4. The van der Waals surface area contributed by atoms with Gasteiger partial charge in [0.15, 0.2) is 17.3 Å². The molecule has 2 aromatic carbocycles. The predicted molar refractivity (Wildman–Crippen MR) is 127 cm³/mol. The number of aromatic nitrogens is 3. The van der Waals surface area contributed by atoms with Gasteiger partial charge in [-0.2, -0.15) is 0 Å². The zero-order chi connectivity index (χ0) is 23.5. The first-order valence-corrected chi connectivity index (χ1v) is 11.7. The predicted octanol–water partition coefficient (Wildman–Crippen LogP) is 5.10. The number of carbonyl (C=O) groups excluding carboxylic acids is 1. The zero-order valence-corrected chi connectivity index (χ0v) is 19.6. The minimum Gasteiger partial charge on any atom is -0.369 e. The van der Waals surface area contributed by atoms with Crippen molar-refractivity contribution in [3.8, 4) is 0 Å². The Morgan fingerprint density at radius 3 is 2.48 bits per heavy atom. The molecule has 2 aromatic heterocycles. The summed E-state index contributed by atoms with van der Waals surface area (Å²) in [5.74, 6) is -2.28. The summed E-state index contributed by atoms with van der Waals surface area (Å²) in [7, 11) is 0. The SMILES string of the molecule is C[C@H](c1ccc(CBr)cc1)C(Cc1nc2cccnc2n1Cc1ccc(F)c(F)c1)C(N)=O. The number of carbonyl (C=O) groups is 1.